The third-order valence-corrected chi connectivity index (χ3v) is 9.68. The minimum absolute atomic E-state index is 0.0343. The van der Waals surface area contributed by atoms with Crippen molar-refractivity contribution in [3.8, 4) is 5.69 Å². The molecule has 5 rings (SSSR count). The molecule has 2 aliphatic rings. The molecule has 2 N–H and O–H groups in total. The number of benzene rings is 2. The smallest absolute Gasteiger partial charge is 0.274 e. The molecule has 1 fully saturated rings. The summed E-state index contributed by atoms with van der Waals surface area (Å²) in [5.41, 5.74) is 4.26. The van der Waals surface area contributed by atoms with Gasteiger partial charge in [-0.1, -0.05) is 64.8 Å². The summed E-state index contributed by atoms with van der Waals surface area (Å²) in [7, 11) is 0. The van der Waals surface area contributed by atoms with Crippen LogP contribution in [-0.2, 0) is 22.6 Å². The standard InChI is InChI=1S/C39H52N6O5/c1-6-8-16-42(17-9-7-2)39(50)34-18-27(5)45(41-34)35-15-14-31(40-37(48)30-20-36(47)43(23-30)22-26(3)4)21-33(35)38(49)44-24-29-13-11-10-12-28(29)19-32(44)25-46/h10-15,18,21,26,30,32,46H,6-9,16-17,19-20,22-25H2,1-5H3,(H,40,48)/t30?,32-/m0/s1. The highest BCUT2D eigenvalue weighted by atomic mass is 16.3. The number of aryl methyl sites for hydroxylation is 1. The van der Waals surface area contributed by atoms with E-state index in [0.717, 1.165) is 36.8 Å². The van der Waals surface area contributed by atoms with Crippen LogP contribution in [0.4, 0.5) is 5.69 Å². The highest BCUT2D eigenvalue weighted by molar-refractivity contribution is 6.02. The van der Waals surface area contributed by atoms with Crippen molar-refractivity contribution in [2.75, 3.05) is 38.1 Å². The highest BCUT2D eigenvalue weighted by Crippen LogP contribution is 2.30. The van der Waals surface area contributed by atoms with Crippen molar-refractivity contribution in [3.05, 3.63) is 76.6 Å². The quantitative estimate of drug-likeness (QED) is 0.240. The molecule has 50 heavy (non-hydrogen) atoms. The SMILES string of the molecule is CCCCN(CCCC)C(=O)c1cc(C)n(-c2ccc(NC(=O)C3CC(=O)N(CC(C)C)C3)cc2C(=O)N2Cc3ccccc3C[C@H]2CO)n1. The molecule has 2 aliphatic heterocycles. The van der Waals surface area contributed by atoms with Gasteiger partial charge in [-0.3, -0.25) is 19.2 Å². The Morgan fingerprint density at radius 3 is 2.36 bits per heavy atom. The minimum Gasteiger partial charge on any atom is -0.394 e. The van der Waals surface area contributed by atoms with Gasteiger partial charge in [0.15, 0.2) is 5.69 Å². The van der Waals surface area contributed by atoms with Crippen LogP contribution in [0.3, 0.4) is 0 Å². The number of anilines is 1. The molecule has 268 valence electrons. The maximum Gasteiger partial charge on any atom is 0.274 e. The van der Waals surface area contributed by atoms with Crippen molar-refractivity contribution < 1.29 is 24.3 Å². The van der Waals surface area contributed by atoms with E-state index in [0.29, 0.717) is 67.8 Å². The number of amides is 4. The molecule has 2 aromatic carbocycles. The largest absolute Gasteiger partial charge is 0.394 e. The molecule has 0 aliphatic carbocycles. The molecule has 3 heterocycles. The van der Waals surface area contributed by atoms with Gasteiger partial charge in [0.05, 0.1) is 29.8 Å². The summed E-state index contributed by atoms with van der Waals surface area (Å²) < 4.78 is 1.62. The number of hydrogen-bond acceptors (Lipinski definition) is 6. The maximum absolute atomic E-state index is 14.6. The number of aliphatic hydroxyl groups excluding tert-OH is 1. The van der Waals surface area contributed by atoms with Gasteiger partial charge in [0, 0.05) is 50.5 Å². The molecule has 0 bridgehead atoms. The van der Waals surface area contributed by atoms with Crippen LogP contribution in [0, 0.1) is 18.8 Å². The fraction of sp³-hybridized carbons (Fsp3) is 0.513. The average molecular weight is 685 g/mol. The number of aliphatic hydroxyl groups is 1. The molecule has 0 saturated carbocycles. The van der Waals surface area contributed by atoms with Crippen LogP contribution in [0.2, 0.25) is 0 Å². The Morgan fingerprint density at radius 1 is 1.00 bits per heavy atom. The molecule has 1 saturated heterocycles. The zero-order valence-electron chi connectivity index (χ0n) is 30.2. The lowest BCUT2D eigenvalue weighted by Gasteiger charge is -2.36. The van der Waals surface area contributed by atoms with Crippen molar-refractivity contribution in [2.45, 2.75) is 85.7 Å². The highest BCUT2D eigenvalue weighted by Gasteiger charge is 2.35. The van der Waals surface area contributed by atoms with Crippen LogP contribution in [0.15, 0.2) is 48.5 Å². The summed E-state index contributed by atoms with van der Waals surface area (Å²) in [6.45, 7) is 12.5. The predicted octanol–water partition coefficient (Wildman–Crippen LogP) is 5.23. The van der Waals surface area contributed by atoms with Crippen LogP contribution < -0.4 is 5.32 Å². The first-order valence-corrected chi connectivity index (χ1v) is 18.1. The Bertz CT molecular complexity index is 1690. The van der Waals surface area contributed by atoms with Crippen LogP contribution in [0.5, 0.6) is 0 Å². The molecule has 1 unspecified atom stereocenters. The second-order valence-electron chi connectivity index (χ2n) is 14.1. The number of rotatable bonds is 14. The van der Waals surface area contributed by atoms with Gasteiger partial charge in [-0.15, -0.1) is 0 Å². The lowest BCUT2D eigenvalue weighted by Crippen LogP contribution is -2.46. The van der Waals surface area contributed by atoms with Gasteiger partial charge in [0.25, 0.3) is 11.8 Å². The van der Waals surface area contributed by atoms with Gasteiger partial charge in [-0.25, -0.2) is 4.68 Å². The monoisotopic (exact) mass is 684 g/mol. The molecular formula is C39H52N6O5. The van der Waals surface area contributed by atoms with E-state index in [-0.39, 0.29) is 42.2 Å². The summed E-state index contributed by atoms with van der Waals surface area (Å²) in [6.07, 6.45) is 4.40. The van der Waals surface area contributed by atoms with Gasteiger partial charge in [0.2, 0.25) is 11.8 Å². The van der Waals surface area contributed by atoms with E-state index in [1.54, 1.807) is 38.7 Å². The lowest BCUT2D eigenvalue weighted by molar-refractivity contribution is -0.128. The summed E-state index contributed by atoms with van der Waals surface area (Å²) in [5.74, 6) is -0.979. The van der Waals surface area contributed by atoms with Crippen molar-refractivity contribution >= 4 is 29.3 Å². The molecule has 4 amide bonds. The lowest BCUT2D eigenvalue weighted by atomic mass is 9.93. The fourth-order valence-corrected chi connectivity index (χ4v) is 6.92. The number of carbonyl (C=O) groups excluding carboxylic acids is 4. The van der Waals surface area contributed by atoms with E-state index in [2.05, 4.69) is 19.2 Å². The Kier molecular flexibility index (Phi) is 12.1. The van der Waals surface area contributed by atoms with Gasteiger partial charge in [0.1, 0.15) is 0 Å². The van der Waals surface area contributed by atoms with Crippen molar-refractivity contribution in [1.29, 1.82) is 0 Å². The molecule has 11 nitrogen and oxygen atoms in total. The molecule has 3 aromatic rings. The summed E-state index contributed by atoms with van der Waals surface area (Å²) in [6, 6.07) is 14.3. The second kappa shape index (κ2) is 16.5. The summed E-state index contributed by atoms with van der Waals surface area (Å²) >= 11 is 0. The summed E-state index contributed by atoms with van der Waals surface area (Å²) in [5, 5.41) is 18.1. The Labute approximate surface area is 295 Å². The van der Waals surface area contributed by atoms with Crippen LogP contribution >= 0.6 is 0 Å². The van der Waals surface area contributed by atoms with E-state index in [1.807, 2.05) is 49.9 Å². The molecule has 1 aromatic heterocycles. The Hall–Kier alpha value is -4.51. The number of aromatic nitrogens is 2. The third kappa shape index (κ3) is 8.26. The Morgan fingerprint density at radius 2 is 1.70 bits per heavy atom. The van der Waals surface area contributed by atoms with E-state index >= 15 is 0 Å². The first-order chi connectivity index (χ1) is 24.0. The summed E-state index contributed by atoms with van der Waals surface area (Å²) in [4.78, 5) is 59.6. The number of nitrogens with zero attached hydrogens (tertiary/aromatic N) is 5. The first kappa shape index (κ1) is 36.8. The zero-order chi connectivity index (χ0) is 35.9. The maximum atomic E-state index is 14.6. The van der Waals surface area contributed by atoms with Crippen molar-refractivity contribution in [3.63, 3.8) is 0 Å². The fourth-order valence-electron chi connectivity index (χ4n) is 6.92. The van der Waals surface area contributed by atoms with Gasteiger partial charge < -0.3 is 25.1 Å². The average Bonchev–Trinajstić information content (AvgIpc) is 3.68. The van der Waals surface area contributed by atoms with Crippen LogP contribution in [0.1, 0.15) is 97.5 Å². The van der Waals surface area contributed by atoms with E-state index < -0.39 is 12.0 Å². The molecule has 11 heteroatoms. The second-order valence-corrected chi connectivity index (χ2v) is 14.1. The molecule has 2 atom stereocenters. The number of unbranched alkanes of at least 4 members (excludes halogenated alkanes) is 2. The molecule has 0 radical (unpaired) electrons. The number of fused-ring (bicyclic) bond motifs is 1. The number of carbonyl (C=O) groups is 4. The van der Waals surface area contributed by atoms with E-state index in [4.69, 9.17) is 5.10 Å². The number of likely N-dealkylation sites (tertiary alicyclic amines) is 1. The van der Waals surface area contributed by atoms with E-state index in [9.17, 15) is 24.3 Å². The van der Waals surface area contributed by atoms with Gasteiger partial charge in [-0.05, 0) is 67.5 Å². The normalized spacial score (nSPS) is 17.3. The van der Waals surface area contributed by atoms with Gasteiger partial charge in [-0.2, -0.15) is 5.10 Å². The molecule has 0 spiro atoms. The van der Waals surface area contributed by atoms with E-state index in [1.165, 1.54) is 0 Å². The van der Waals surface area contributed by atoms with Crippen molar-refractivity contribution in [1.82, 2.24) is 24.5 Å². The first-order valence-electron chi connectivity index (χ1n) is 18.1. The molecular weight excluding hydrogens is 632 g/mol. The topological polar surface area (TPSA) is 128 Å². The predicted molar refractivity (Wildman–Crippen MR) is 193 cm³/mol. The Balaban J connectivity index is 1.50. The van der Waals surface area contributed by atoms with Crippen molar-refractivity contribution in [2.24, 2.45) is 11.8 Å². The zero-order valence-corrected chi connectivity index (χ0v) is 30.2. The van der Waals surface area contributed by atoms with Crippen LogP contribution in [-0.4, -0.2) is 92.0 Å². The number of hydrogen-bond donors (Lipinski definition) is 2. The minimum atomic E-state index is -0.497. The van der Waals surface area contributed by atoms with Crippen LogP contribution in [0.25, 0.3) is 5.69 Å². The number of nitrogens with one attached hydrogen (secondary N) is 1. The van der Waals surface area contributed by atoms with Gasteiger partial charge >= 0.3 is 0 Å². The third-order valence-electron chi connectivity index (χ3n) is 9.68.